The minimum atomic E-state index is -0.728. The van der Waals surface area contributed by atoms with Gasteiger partial charge in [-0.3, -0.25) is 0 Å². The highest BCUT2D eigenvalue weighted by Gasteiger charge is 2.06. The second-order valence-electron chi connectivity index (χ2n) is 3.81. The van der Waals surface area contributed by atoms with E-state index < -0.39 is 6.16 Å². The zero-order chi connectivity index (χ0) is 13.5. The normalized spacial score (nSPS) is 9.74. The fourth-order valence-electron chi connectivity index (χ4n) is 1.52. The molecule has 0 saturated heterocycles. The lowest BCUT2D eigenvalue weighted by Crippen LogP contribution is -2.10. The van der Waals surface area contributed by atoms with Gasteiger partial charge in [0.25, 0.3) is 0 Å². The van der Waals surface area contributed by atoms with Crippen LogP contribution in [-0.2, 0) is 11.3 Å². The smallest absolute Gasteiger partial charge is 0.497 e. The Morgan fingerprint density at radius 2 is 1.74 bits per heavy atom. The van der Waals surface area contributed by atoms with Crippen molar-refractivity contribution < 1.29 is 19.0 Å². The summed E-state index contributed by atoms with van der Waals surface area (Å²) in [7, 11) is 1.59. The topological polar surface area (TPSA) is 44.8 Å². The summed E-state index contributed by atoms with van der Waals surface area (Å²) in [5.41, 5.74) is 0.837. The Labute approximate surface area is 111 Å². The van der Waals surface area contributed by atoms with Crippen LogP contribution in [0.3, 0.4) is 0 Å². The van der Waals surface area contributed by atoms with E-state index in [1.165, 1.54) is 0 Å². The third-order valence-corrected chi connectivity index (χ3v) is 2.44. The van der Waals surface area contributed by atoms with Crippen LogP contribution >= 0.6 is 0 Å². The lowest BCUT2D eigenvalue weighted by molar-refractivity contribution is 0.0927. The molecule has 2 aromatic rings. The van der Waals surface area contributed by atoms with Crippen LogP contribution in [0.5, 0.6) is 11.5 Å². The number of methoxy groups -OCH3 is 1. The van der Waals surface area contributed by atoms with Gasteiger partial charge in [0.2, 0.25) is 0 Å². The van der Waals surface area contributed by atoms with Crippen molar-refractivity contribution in [1.29, 1.82) is 0 Å². The molecule has 0 aliphatic rings. The van der Waals surface area contributed by atoms with E-state index in [0.717, 1.165) is 11.3 Å². The number of hydrogen-bond acceptors (Lipinski definition) is 4. The van der Waals surface area contributed by atoms with E-state index in [-0.39, 0.29) is 6.61 Å². The van der Waals surface area contributed by atoms with Crippen molar-refractivity contribution >= 4 is 6.16 Å². The molecule has 0 aliphatic heterocycles. The first-order valence-corrected chi connectivity index (χ1v) is 5.80. The molecule has 0 heterocycles. The first-order valence-electron chi connectivity index (χ1n) is 5.80. The summed E-state index contributed by atoms with van der Waals surface area (Å²) >= 11 is 0. The summed E-state index contributed by atoms with van der Waals surface area (Å²) in [5, 5.41) is 0. The maximum absolute atomic E-state index is 11.5. The number of para-hydroxylation sites is 1. The van der Waals surface area contributed by atoms with Gasteiger partial charge < -0.3 is 14.2 Å². The third-order valence-electron chi connectivity index (χ3n) is 2.44. The Hall–Kier alpha value is -2.49. The average Bonchev–Trinajstić information content (AvgIpc) is 2.46. The van der Waals surface area contributed by atoms with E-state index in [1.54, 1.807) is 37.4 Å². The van der Waals surface area contributed by atoms with Gasteiger partial charge in [0.15, 0.2) is 0 Å². The highest BCUT2D eigenvalue weighted by atomic mass is 16.7. The highest BCUT2D eigenvalue weighted by molar-refractivity contribution is 5.63. The van der Waals surface area contributed by atoms with Crippen molar-refractivity contribution in [3.05, 3.63) is 60.2 Å². The van der Waals surface area contributed by atoms with Crippen LogP contribution in [0.25, 0.3) is 0 Å². The van der Waals surface area contributed by atoms with E-state index >= 15 is 0 Å². The van der Waals surface area contributed by atoms with Crippen LogP contribution in [0.4, 0.5) is 4.79 Å². The Morgan fingerprint density at radius 1 is 1.00 bits per heavy atom. The summed E-state index contributed by atoms with van der Waals surface area (Å²) in [5.74, 6) is 1.18. The quantitative estimate of drug-likeness (QED) is 0.622. The Kier molecular flexibility index (Phi) is 4.39. The minimum absolute atomic E-state index is 0.142. The summed E-state index contributed by atoms with van der Waals surface area (Å²) in [6, 6.07) is 16.1. The molecule has 0 bridgehead atoms. The zero-order valence-electron chi connectivity index (χ0n) is 10.5. The second kappa shape index (κ2) is 6.44. The number of carbonyl (C=O) groups is 1. The first-order chi connectivity index (χ1) is 9.28. The molecular formula is C15H14O4. The van der Waals surface area contributed by atoms with Gasteiger partial charge in [0.05, 0.1) is 7.11 Å². The molecule has 0 atom stereocenters. The number of hydrogen-bond donors (Lipinski definition) is 0. The SMILES string of the molecule is COc1cccc(COC(=O)Oc2ccccc2)c1. The molecule has 4 nitrogen and oxygen atoms in total. The first kappa shape index (κ1) is 13.0. The number of carbonyl (C=O) groups excluding carboxylic acids is 1. The largest absolute Gasteiger partial charge is 0.514 e. The fraction of sp³-hybridized carbons (Fsp3) is 0.133. The molecule has 0 spiro atoms. The van der Waals surface area contributed by atoms with E-state index in [2.05, 4.69) is 0 Å². The van der Waals surface area contributed by atoms with Gasteiger partial charge in [0, 0.05) is 0 Å². The maximum Gasteiger partial charge on any atom is 0.514 e. The molecule has 0 saturated carbocycles. The summed E-state index contributed by atoms with van der Waals surface area (Å²) in [6.45, 7) is 0.142. The predicted molar refractivity (Wildman–Crippen MR) is 70.2 cm³/mol. The van der Waals surface area contributed by atoms with Crippen LogP contribution in [0, 0.1) is 0 Å². The van der Waals surface area contributed by atoms with Gasteiger partial charge >= 0.3 is 6.16 Å². The van der Waals surface area contributed by atoms with Gasteiger partial charge in [0.1, 0.15) is 18.1 Å². The lowest BCUT2D eigenvalue weighted by Gasteiger charge is -2.07. The molecule has 0 aromatic heterocycles. The average molecular weight is 258 g/mol. The minimum Gasteiger partial charge on any atom is -0.497 e. The molecule has 0 amide bonds. The molecule has 4 heteroatoms. The molecule has 2 rings (SSSR count). The molecule has 19 heavy (non-hydrogen) atoms. The summed E-state index contributed by atoms with van der Waals surface area (Å²) in [4.78, 5) is 11.5. The lowest BCUT2D eigenvalue weighted by atomic mass is 10.2. The van der Waals surface area contributed by atoms with Crippen molar-refractivity contribution in [3.8, 4) is 11.5 Å². The van der Waals surface area contributed by atoms with Crippen LogP contribution in [0.1, 0.15) is 5.56 Å². The maximum atomic E-state index is 11.5. The second-order valence-corrected chi connectivity index (χ2v) is 3.81. The Bertz CT molecular complexity index is 537. The van der Waals surface area contributed by atoms with Crippen molar-refractivity contribution in [1.82, 2.24) is 0 Å². The van der Waals surface area contributed by atoms with Gasteiger partial charge in [-0.05, 0) is 29.8 Å². The molecule has 0 N–H and O–H groups in total. The summed E-state index contributed by atoms with van der Waals surface area (Å²) in [6.07, 6.45) is -0.728. The van der Waals surface area contributed by atoms with Crippen LogP contribution in [0.2, 0.25) is 0 Å². The number of rotatable bonds is 4. The van der Waals surface area contributed by atoms with Crippen LogP contribution in [0.15, 0.2) is 54.6 Å². The fourth-order valence-corrected chi connectivity index (χ4v) is 1.52. The molecule has 0 fully saturated rings. The molecule has 0 radical (unpaired) electrons. The summed E-state index contributed by atoms with van der Waals surface area (Å²) < 4.78 is 15.1. The van der Waals surface area contributed by atoms with Crippen LogP contribution in [-0.4, -0.2) is 13.3 Å². The standard InChI is InChI=1S/C15H14O4/c1-17-14-9-5-6-12(10-14)11-18-15(16)19-13-7-3-2-4-8-13/h2-10H,11H2,1H3. The van der Waals surface area contributed by atoms with Crippen molar-refractivity contribution in [2.45, 2.75) is 6.61 Å². The Morgan fingerprint density at radius 3 is 2.47 bits per heavy atom. The number of ether oxygens (including phenoxy) is 3. The van der Waals surface area contributed by atoms with Gasteiger partial charge in [-0.25, -0.2) is 4.79 Å². The zero-order valence-corrected chi connectivity index (χ0v) is 10.5. The van der Waals surface area contributed by atoms with Crippen LogP contribution < -0.4 is 9.47 Å². The number of benzene rings is 2. The molecule has 0 aliphatic carbocycles. The van der Waals surface area contributed by atoms with E-state index in [1.807, 2.05) is 24.3 Å². The van der Waals surface area contributed by atoms with Gasteiger partial charge in [-0.15, -0.1) is 0 Å². The van der Waals surface area contributed by atoms with E-state index in [9.17, 15) is 4.79 Å². The molecule has 2 aromatic carbocycles. The van der Waals surface area contributed by atoms with Crippen molar-refractivity contribution in [2.24, 2.45) is 0 Å². The van der Waals surface area contributed by atoms with Gasteiger partial charge in [-0.2, -0.15) is 0 Å². The Balaban J connectivity index is 1.86. The molecule has 98 valence electrons. The monoisotopic (exact) mass is 258 g/mol. The third kappa shape index (κ3) is 4.03. The molecular weight excluding hydrogens is 244 g/mol. The van der Waals surface area contributed by atoms with E-state index in [4.69, 9.17) is 14.2 Å². The van der Waals surface area contributed by atoms with Gasteiger partial charge in [-0.1, -0.05) is 30.3 Å². The van der Waals surface area contributed by atoms with Crippen molar-refractivity contribution in [3.63, 3.8) is 0 Å². The molecule has 0 unspecified atom stereocenters. The van der Waals surface area contributed by atoms with E-state index in [0.29, 0.717) is 5.75 Å². The predicted octanol–water partition coefficient (Wildman–Crippen LogP) is 3.41. The highest BCUT2D eigenvalue weighted by Crippen LogP contribution is 2.14. The van der Waals surface area contributed by atoms with Crippen molar-refractivity contribution in [2.75, 3.05) is 7.11 Å².